The molecule has 0 N–H and O–H groups in total. The lowest BCUT2D eigenvalue weighted by molar-refractivity contribution is 0.158. The van der Waals surface area contributed by atoms with E-state index < -0.39 is 0 Å². The highest BCUT2D eigenvalue weighted by atomic mass is 79.9. The van der Waals surface area contributed by atoms with Gasteiger partial charge in [-0.2, -0.15) is 0 Å². The zero-order chi connectivity index (χ0) is 16.9. The summed E-state index contributed by atoms with van der Waals surface area (Å²) < 4.78 is 18.0. The number of piperidine rings is 1. The number of methoxy groups -OCH3 is 2. The van der Waals surface area contributed by atoms with Crippen LogP contribution in [0, 0.1) is 0 Å². The van der Waals surface area contributed by atoms with Gasteiger partial charge in [0.15, 0.2) is 11.5 Å². The molecule has 1 aliphatic rings. The van der Waals surface area contributed by atoms with Crippen LogP contribution >= 0.6 is 15.9 Å². The van der Waals surface area contributed by atoms with Gasteiger partial charge in [-0.3, -0.25) is 0 Å². The average Bonchev–Trinajstić information content (AvgIpc) is 2.63. The van der Waals surface area contributed by atoms with E-state index in [0.29, 0.717) is 17.2 Å². The van der Waals surface area contributed by atoms with Gasteiger partial charge in [0, 0.05) is 36.6 Å². The van der Waals surface area contributed by atoms with Crippen molar-refractivity contribution >= 4 is 21.7 Å². The van der Waals surface area contributed by atoms with Gasteiger partial charge in [-0.25, -0.2) is 4.98 Å². The third-order valence-corrected chi connectivity index (χ3v) is 4.61. The van der Waals surface area contributed by atoms with E-state index in [-0.39, 0.29) is 6.10 Å². The summed E-state index contributed by atoms with van der Waals surface area (Å²) in [4.78, 5) is 6.75. The number of halogens is 1. The van der Waals surface area contributed by atoms with Crippen molar-refractivity contribution in [1.29, 1.82) is 0 Å². The molecule has 1 saturated heterocycles. The van der Waals surface area contributed by atoms with Crippen LogP contribution in [0.4, 0.5) is 5.82 Å². The van der Waals surface area contributed by atoms with Crippen molar-refractivity contribution in [2.45, 2.75) is 18.9 Å². The molecule has 2 aromatic rings. The fraction of sp³-hybridized carbons (Fsp3) is 0.389. The third-order valence-electron chi connectivity index (χ3n) is 4.14. The molecule has 1 aromatic heterocycles. The monoisotopic (exact) mass is 392 g/mol. The normalized spacial score (nSPS) is 15.2. The standard InChI is InChI=1S/C18H21BrN2O3/c1-22-15-4-3-5-16(23-2)18(15)24-14-8-10-21(11-9-14)17-7-6-13(19)12-20-17/h3-7,12,14H,8-11H2,1-2H3. The fourth-order valence-corrected chi connectivity index (χ4v) is 3.09. The van der Waals surface area contributed by atoms with Gasteiger partial charge in [0.25, 0.3) is 0 Å². The second-order valence-corrected chi connectivity index (χ2v) is 6.55. The molecule has 3 rings (SSSR count). The number of rotatable bonds is 5. The molecule has 0 atom stereocenters. The first-order chi connectivity index (χ1) is 11.7. The Hall–Kier alpha value is -1.95. The van der Waals surface area contributed by atoms with Gasteiger partial charge in [-0.1, -0.05) is 6.07 Å². The summed E-state index contributed by atoms with van der Waals surface area (Å²) in [5, 5.41) is 0. The van der Waals surface area contributed by atoms with Gasteiger partial charge in [-0.05, 0) is 40.2 Å². The lowest BCUT2D eigenvalue weighted by atomic mass is 10.1. The molecule has 0 unspecified atom stereocenters. The van der Waals surface area contributed by atoms with Crippen molar-refractivity contribution in [3.05, 3.63) is 41.0 Å². The van der Waals surface area contributed by atoms with Gasteiger partial charge >= 0.3 is 0 Å². The Morgan fingerprint density at radius 1 is 1.04 bits per heavy atom. The molecule has 24 heavy (non-hydrogen) atoms. The number of hydrogen-bond donors (Lipinski definition) is 0. The van der Waals surface area contributed by atoms with E-state index in [4.69, 9.17) is 14.2 Å². The molecule has 1 fully saturated rings. The van der Waals surface area contributed by atoms with Crippen LogP contribution in [0.3, 0.4) is 0 Å². The van der Waals surface area contributed by atoms with E-state index in [1.54, 1.807) is 14.2 Å². The Balaban J connectivity index is 1.64. The number of nitrogens with zero attached hydrogens (tertiary/aromatic N) is 2. The van der Waals surface area contributed by atoms with E-state index in [0.717, 1.165) is 36.2 Å². The van der Waals surface area contributed by atoms with Crippen molar-refractivity contribution in [1.82, 2.24) is 4.98 Å². The van der Waals surface area contributed by atoms with Crippen LogP contribution in [0.5, 0.6) is 17.2 Å². The Morgan fingerprint density at radius 3 is 2.25 bits per heavy atom. The molecule has 6 heteroatoms. The summed E-state index contributed by atoms with van der Waals surface area (Å²) in [6.07, 6.45) is 3.83. The molecule has 0 amide bonds. The van der Waals surface area contributed by atoms with E-state index in [9.17, 15) is 0 Å². The number of aromatic nitrogens is 1. The van der Waals surface area contributed by atoms with Crippen molar-refractivity contribution in [3.63, 3.8) is 0 Å². The van der Waals surface area contributed by atoms with Gasteiger partial charge < -0.3 is 19.1 Å². The molecule has 5 nitrogen and oxygen atoms in total. The molecule has 0 aliphatic carbocycles. The van der Waals surface area contributed by atoms with Gasteiger partial charge in [0.05, 0.1) is 14.2 Å². The molecule has 0 spiro atoms. The molecule has 0 saturated carbocycles. The average molecular weight is 393 g/mol. The maximum absolute atomic E-state index is 6.20. The van der Waals surface area contributed by atoms with Gasteiger partial charge in [0.2, 0.25) is 5.75 Å². The summed E-state index contributed by atoms with van der Waals surface area (Å²) in [7, 11) is 3.28. The lowest BCUT2D eigenvalue weighted by Crippen LogP contribution is -2.38. The number of hydrogen-bond acceptors (Lipinski definition) is 5. The lowest BCUT2D eigenvalue weighted by Gasteiger charge is -2.33. The van der Waals surface area contributed by atoms with E-state index >= 15 is 0 Å². The van der Waals surface area contributed by atoms with Gasteiger partial charge in [-0.15, -0.1) is 0 Å². The molecular weight excluding hydrogens is 372 g/mol. The first-order valence-electron chi connectivity index (χ1n) is 7.95. The van der Waals surface area contributed by atoms with Crippen molar-refractivity contribution in [2.75, 3.05) is 32.2 Å². The van der Waals surface area contributed by atoms with Crippen LogP contribution in [0.25, 0.3) is 0 Å². The molecule has 2 heterocycles. The third kappa shape index (κ3) is 3.75. The topological polar surface area (TPSA) is 43.8 Å². The molecule has 1 aliphatic heterocycles. The predicted octanol–water partition coefficient (Wildman–Crippen LogP) is 3.91. The number of para-hydroxylation sites is 1. The smallest absolute Gasteiger partial charge is 0.203 e. The fourth-order valence-electron chi connectivity index (χ4n) is 2.86. The number of anilines is 1. The van der Waals surface area contributed by atoms with Crippen LogP contribution in [0.15, 0.2) is 41.0 Å². The van der Waals surface area contributed by atoms with E-state index in [1.807, 2.05) is 36.5 Å². The largest absolute Gasteiger partial charge is 0.493 e. The molecule has 0 radical (unpaired) electrons. The van der Waals surface area contributed by atoms with Gasteiger partial charge in [0.1, 0.15) is 11.9 Å². The quantitative estimate of drug-likeness (QED) is 0.771. The minimum Gasteiger partial charge on any atom is -0.493 e. The van der Waals surface area contributed by atoms with E-state index in [2.05, 4.69) is 25.8 Å². The molecule has 0 bridgehead atoms. The Labute approximate surface area is 150 Å². The Bertz CT molecular complexity index is 648. The second kappa shape index (κ2) is 7.75. The Morgan fingerprint density at radius 2 is 1.71 bits per heavy atom. The maximum Gasteiger partial charge on any atom is 0.203 e. The minimum atomic E-state index is 0.141. The molecular formula is C18H21BrN2O3. The minimum absolute atomic E-state index is 0.141. The van der Waals surface area contributed by atoms with Crippen LogP contribution in [-0.2, 0) is 0 Å². The second-order valence-electron chi connectivity index (χ2n) is 5.63. The summed E-state index contributed by atoms with van der Waals surface area (Å²) in [6.45, 7) is 1.83. The highest BCUT2D eigenvalue weighted by Gasteiger charge is 2.24. The summed E-state index contributed by atoms with van der Waals surface area (Å²) in [6, 6.07) is 9.73. The highest BCUT2D eigenvalue weighted by Crippen LogP contribution is 2.38. The zero-order valence-corrected chi connectivity index (χ0v) is 15.5. The zero-order valence-electron chi connectivity index (χ0n) is 13.9. The van der Waals surface area contributed by atoms with Crippen molar-refractivity contribution < 1.29 is 14.2 Å². The van der Waals surface area contributed by atoms with Crippen LogP contribution in [0.1, 0.15) is 12.8 Å². The molecule has 128 valence electrons. The Kier molecular flexibility index (Phi) is 5.45. The summed E-state index contributed by atoms with van der Waals surface area (Å²) in [5.74, 6) is 3.09. The van der Waals surface area contributed by atoms with E-state index in [1.165, 1.54) is 0 Å². The van der Waals surface area contributed by atoms with Crippen LogP contribution in [0.2, 0.25) is 0 Å². The first-order valence-corrected chi connectivity index (χ1v) is 8.74. The number of benzene rings is 1. The predicted molar refractivity (Wildman–Crippen MR) is 97.3 cm³/mol. The summed E-state index contributed by atoms with van der Waals surface area (Å²) >= 11 is 3.42. The summed E-state index contributed by atoms with van der Waals surface area (Å²) in [5.41, 5.74) is 0. The molecule has 1 aromatic carbocycles. The van der Waals surface area contributed by atoms with Crippen molar-refractivity contribution in [3.8, 4) is 17.2 Å². The highest BCUT2D eigenvalue weighted by molar-refractivity contribution is 9.10. The first kappa shape index (κ1) is 16.9. The SMILES string of the molecule is COc1cccc(OC)c1OC1CCN(c2ccc(Br)cn2)CC1. The maximum atomic E-state index is 6.20. The number of pyridine rings is 1. The van der Waals surface area contributed by atoms with Crippen LogP contribution in [-0.4, -0.2) is 38.4 Å². The number of ether oxygens (including phenoxy) is 3. The van der Waals surface area contributed by atoms with Crippen LogP contribution < -0.4 is 19.1 Å². The van der Waals surface area contributed by atoms with Crippen molar-refractivity contribution in [2.24, 2.45) is 0 Å².